The van der Waals surface area contributed by atoms with Crippen LogP contribution in [0.15, 0.2) is 52.1 Å². The minimum atomic E-state index is -0.525. The molecule has 0 amide bonds. The molecular formula is C19H17NO4. The van der Waals surface area contributed by atoms with Crippen LogP contribution in [0.5, 0.6) is 11.5 Å². The molecule has 3 rings (SSSR count). The number of methoxy groups -OCH3 is 2. The molecule has 0 bridgehead atoms. The third kappa shape index (κ3) is 2.65. The molecule has 0 aliphatic carbocycles. The van der Waals surface area contributed by atoms with E-state index >= 15 is 0 Å². The smallest absolute Gasteiger partial charge is 0.250 e. The van der Waals surface area contributed by atoms with Crippen LogP contribution in [0.25, 0.3) is 11.1 Å². The minimum absolute atomic E-state index is 0.285. The fourth-order valence-electron chi connectivity index (χ4n) is 2.54. The summed E-state index contributed by atoms with van der Waals surface area (Å²) in [5.41, 5.74) is 2.09. The number of ether oxygens (including phenoxy) is 2. The number of aryl methyl sites for hydroxylation is 1. The second-order valence-electron chi connectivity index (χ2n) is 5.47. The number of benzene rings is 2. The average molecular weight is 323 g/mol. The van der Waals surface area contributed by atoms with E-state index in [9.17, 15) is 9.59 Å². The molecule has 0 unspecified atom stereocenters. The van der Waals surface area contributed by atoms with E-state index in [2.05, 4.69) is 5.32 Å². The van der Waals surface area contributed by atoms with Gasteiger partial charge in [0, 0.05) is 6.07 Å². The van der Waals surface area contributed by atoms with Crippen molar-refractivity contribution in [3.05, 3.63) is 68.5 Å². The molecule has 24 heavy (non-hydrogen) atoms. The highest BCUT2D eigenvalue weighted by Gasteiger charge is 2.23. The van der Waals surface area contributed by atoms with Crippen molar-refractivity contribution in [2.24, 2.45) is 0 Å². The molecule has 0 aliphatic rings. The molecule has 3 aromatic carbocycles. The van der Waals surface area contributed by atoms with Crippen LogP contribution in [0.2, 0.25) is 0 Å². The van der Waals surface area contributed by atoms with Gasteiger partial charge in [-0.15, -0.1) is 0 Å². The summed E-state index contributed by atoms with van der Waals surface area (Å²) in [6.07, 6.45) is 0. The molecule has 122 valence electrons. The van der Waals surface area contributed by atoms with Gasteiger partial charge in [0.05, 0.1) is 25.5 Å². The van der Waals surface area contributed by atoms with E-state index < -0.39 is 10.9 Å². The SMILES string of the molecule is COc1ccc(Nc2c(-c3ccc(C)cc3)c(=O)c2=O)c(OC)c1. The molecule has 0 fully saturated rings. The number of rotatable bonds is 5. The lowest BCUT2D eigenvalue weighted by molar-refractivity contribution is 0.395. The third-order valence-corrected chi connectivity index (χ3v) is 3.92. The molecule has 3 aromatic rings. The molecule has 1 N–H and O–H groups in total. The maximum absolute atomic E-state index is 12.0. The second-order valence-corrected chi connectivity index (χ2v) is 5.47. The predicted octanol–water partition coefficient (Wildman–Crippen LogP) is 3.02. The first kappa shape index (κ1) is 15.8. The first-order valence-corrected chi connectivity index (χ1v) is 7.44. The first-order valence-electron chi connectivity index (χ1n) is 7.44. The summed E-state index contributed by atoms with van der Waals surface area (Å²) in [5, 5.41) is 3.02. The van der Waals surface area contributed by atoms with E-state index in [-0.39, 0.29) is 5.69 Å². The van der Waals surface area contributed by atoms with Crippen LogP contribution in [-0.2, 0) is 0 Å². The van der Waals surface area contributed by atoms with E-state index in [1.165, 1.54) is 7.11 Å². The Labute approximate surface area is 139 Å². The summed E-state index contributed by atoms with van der Waals surface area (Å²) in [5.74, 6) is 1.17. The van der Waals surface area contributed by atoms with Crippen LogP contribution in [0.3, 0.4) is 0 Å². The molecule has 5 heteroatoms. The zero-order valence-corrected chi connectivity index (χ0v) is 13.7. The Balaban J connectivity index is 2.01. The van der Waals surface area contributed by atoms with E-state index in [1.807, 2.05) is 31.2 Å². The maximum Gasteiger partial charge on any atom is 0.250 e. The van der Waals surface area contributed by atoms with Crippen molar-refractivity contribution in [2.75, 3.05) is 19.5 Å². The third-order valence-electron chi connectivity index (χ3n) is 3.92. The summed E-state index contributed by atoms with van der Waals surface area (Å²) in [7, 11) is 3.09. The molecule has 0 saturated carbocycles. The Hall–Kier alpha value is -3.08. The lowest BCUT2D eigenvalue weighted by atomic mass is 9.97. The Morgan fingerprint density at radius 2 is 1.58 bits per heavy atom. The van der Waals surface area contributed by atoms with E-state index in [1.54, 1.807) is 25.3 Å². The van der Waals surface area contributed by atoms with Gasteiger partial charge in [-0.05, 0) is 24.6 Å². The van der Waals surface area contributed by atoms with Crippen molar-refractivity contribution in [2.45, 2.75) is 6.92 Å². The molecule has 0 aliphatic heterocycles. The molecule has 0 radical (unpaired) electrons. The largest absolute Gasteiger partial charge is 0.497 e. The molecule has 5 nitrogen and oxygen atoms in total. The quantitative estimate of drug-likeness (QED) is 0.731. The minimum Gasteiger partial charge on any atom is -0.497 e. The van der Waals surface area contributed by atoms with Crippen molar-refractivity contribution in [3.63, 3.8) is 0 Å². The Kier molecular flexibility index (Phi) is 4.08. The highest BCUT2D eigenvalue weighted by molar-refractivity contribution is 5.85. The van der Waals surface area contributed by atoms with E-state index in [4.69, 9.17) is 9.47 Å². The monoisotopic (exact) mass is 323 g/mol. The standard InChI is InChI=1S/C19H17NO4/c1-11-4-6-12(7-5-11)16-17(19(22)18(16)21)20-14-9-8-13(23-2)10-15(14)24-3/h4-10,20H,1-3H3. The lowest BCUT2D eigenvalue weighted by Gasteiger charge is -2.16. The zero-order valence-electron chi connectivity index (χ0n) is 13.7. The van der Waals surface area contributed by atoms with E-state index in [0.29, 0.717) is 22.7 Å². The predicted molar refractivity (Wildman–Crippen MR) is 94.4 cm³/mol. The zero-order chi connectivity index (χ0) is 17.3. The van der Waals surface area contributed by atoms with Crippen molar-refractivity contribution in [1.82, 2.24) is 0 Å². The molecule has 0 saturated heterocycles. The maximum atomic E-state index is 12.0. The second kappa shape index (κ2) is 6.20. The Bertz CT molecular complexity index is 951. The van der Waals surface area contributed by atoms with Gasteiger partial charge in [-0.25, -0.2) is 0 Å². The van der Waals surface area contributed by atoms with Crippen LogP contribution in [0, 0.1) is 6.92 Å². The highest BCUT2D eigenvalue weighted by Crippen LogP contribution is 2.33. The van der Waals surface area contributed by atoms with Gasteiger partial charge in [0.2, 0.25) is 5.43 Å². The summed E-state index contributed by atoms with van der Waals surface area (Å²) in [6.45, 7) is 1.97. The van der Waals surface area contributed by atoms with Gasteiger partial charge >= 0.3 is 0 Å². The van der Waals surface area contributed by atoms with Gasteiger partial charge in [0.1, 0.15) is 17.2 Å². The Morgan fingerprint density at radius 1 is 0.875 bits per heavy atom. The number of hydrogen-bond acceptors (Lipinski definition) is 5. The average Bonchev–Trinajstić information content (AvgIpc) is 2.62. The fraction of sp³-hybridized carbons (Fsp3) is 0.158. The lowest BCUT2D eigenvalue weighted by Crippen LogP contribution is -2.35. The van der Waals surface area contributed by atoms with E-state index in [0.717, 1.165) is 11.1 Å². The van der Waals surface area contributed by atoms with Gasteiger partial charge in [-0.2, -0.15) is 0 Å². The summed E-state index contributed by atoms with van der Waals surface area (Å²) in [4.78, 5) is 24.0. The van der Waals surface area contributed by atoms with Gasteiger partial charge in [0.15, 0.2) is 0 Å². The molecule has 0 spiro atoms. The summed E-state index contributed by atoms with van der Waals surface area (Å²) >= 11 is 0. The van der Waals surface area contributed by atoms with Gasteiger partial charge < -0.3 is 14.8 Å². The molecule has 0 atom stereocenters. The van der Waals surface area contributed by atoms with Crippen LogP contribution in [0.1, 0.15) is 5.56 Å². The number of anilines is 2. The van der Waals surface area contributed by atoms with Crippen molar-refractivity contribution in [1.29, 1.82) is 0 Å². The molecular weight excluding hydrogens is 306 g/mol. The normalized spacial score (nSPS) is 10.6. The highest BCUT2D eigenvalue weighted by atomic mass is 16.5. The van der Waals surface area contributed by atoms with Crippen molar-refractivity contribution >= 4 is 11.4 Å². The number of hydrogen-bond donors (Lipinski definition) is 1. The summed E-state index contributed by atoms with van der Waals surface area (Å²) < 4.78 is 10.5. The van der Waals surface area contributed by atoms with Crippen molar-refractivity contribution in [3.8, 4) is 22.6 Å². The van der Waals surface area contributed by atoms with Crippen LogP contribution >= 0.6 is 0 Å². The summed E-state index contributed by atoms with van der Waals surface area (Å²) in [6, 6.07) is 12.7. The van der Waals surface area contributed by atoms with Gasteiger partial charge in [-0.1, -0.05) is 29.8 Å². The number of nitrogens with one attached hydrogen (secondary N) is 1. The molecule has 0 heterocycles. The van der Waals surface area contributed by atoms with Crippen LogP contribution in [0.4, 0.5) is 11.4 Å². The van der Waals surface area contributed by atoms with Crippen LogP contribution in [-0.4, -0.2) is 14.2 Å². The van der Waals surface area contributed by atoms with Gasteiger partial charge in [0.25, 0.3) is 5.43 Å². The first-order chi connectivity index (χ1) is 11.5. The van der Waals surface area contributed by atoms with Crippen LogP contribution < -0.4 is 25.6 Å². The van der Waals surface area contributed by atoms with Gasteiger partial charge in [-0.3, -0.25) is 9.59 Å². The topological polar surface area (TPSA) is 64.6 Å². The Morgan fingerprint density at radius 3 is 2.21 bits per heavy atom. The van der Waals surface area contributed by atoms with Crippen molar-refractivity contribution < 1.29 is 9.47 Å². The molecule has 0 aromatic heterocycles. The fourth-order valence-corrected chi connectivity index (χ4v) is 2.54.